The predicted octanol–water partition coefficient (Wildman–Crippen LogP) is 1.84. The van der Waals surface area contributed by atoms with Crippen LogP contribution in [-0.4, -0.2) is 6.29 Å². The van der Waals surface area contributed by atoms with Crippen LogP contribution in [0.25, 0.3) is 0 Å². The Labute approximate surface area is 67.2 Å². The highest BCUT2D eigenvalue weighted by atomic mass is 79.9. The Kier molecular flexibility index (Phi) is 2.06. The van der Waals surface area contributed by atoms with E-state index in [2.05, 4.69) is 15.9 Å². The smallest absolute Gasteiger partial charge is 0.150 e. The Balaban J connectivity index is 3.16. The lowest BCUT2D eigenvalue weighted by atomic mass is 10.2. The van der Waals surface area contributed by atoms with Crippen molar-refractivity contribution in [3.8, 4) is 0 Å². The predicted molar refractivity (Wildman–Crippen MR) is 43.9 cm³/mol. The normalized spacial score (nSPS) is 9.30. The second kappa shape index (κ2) is 2.84. The summed E-state index contributed by atoms with van der Waals surface area (Å²) in [5.74, 6) is 0. The first-order valence-electron chi connectivity index (χ1n) is 2.74. The summed E-state index contributed by atoms with van der Waals surface area (Å²) in [6.45, 7) is 0. The molecule has 10 heavy (non-hydrogen) atoms. The van der Waals surface area contributed by atoms with Gasteiger partial charge in [0.1, 0.15) is 6.29 Å². The second-order valence-corrected chi connectivity index (χ2v) is 2.75. The molecule has 3 heteroatoms. The maximum absolute atomic E-state index is 10.2. The molecule has 1 aromatic rings. The van der Waals surface area contributed by atoms with Crippen LogP contribution >= 0.6 is 15.9 Å². The SMILES string of the molecule is Nc1ccc(C=O)cc1Br. The summed E-state index contributed by atoms with van der Waals surface area (Å²) in [5, 5.41) is 0. The molecule has 0 saturated heterocycles. The van der Waals surface area contributed by atoms with Crippen molar-refractivity contribution in [2.75, 3.05) is 5.73 Å². The highest BCUT2D eigenvalue weighted by molar-refractivity contribution is 9.10. The number of rotatable bonds is 1. The van der Waals surface area contributed by atoms with Crippen LogP contribution in [0.15, 0.2) is 22.7 Å². The van der Waals surface area contributed by atoms with Gasteiger partial charge in [0.2, 0.25) is 0 Å². The number of carbonyl (C=O) groups excluding carboxylic acids is 1. The minimum absolute atomic E-state index is 0.626. The Morgan fingerprint density at radius 2 is 2.20 bits per heavy atom. The molecular formula is C7H6BrNO. The third-order valence-corrected chi connectivity index (χ3v) is 1.85. The third-order valence-electron chi connectivity index (χ3n) is 1.16. The van der Waals surface area contributed by atoms with E-state index < -0.39 is 0 Å². The fourth-order valence-electron chi connectivity index (χ4n) is 0.617. The van der Waals surface area contributed by atoms with E-state index in [1.807, 2.05) is 0 Å². The van der Waals surface area contributed by atoms with Crippen molar-refractivity contribution in [3.05, 3.63) is 28.2 Å². The molecule has 0 fully saturated rings. The monoisotopic (exact) mass is 199 g/mol. The van der Waals surface area contributed by atoms with Gasteiger partial charge in [0.05, 0.1) is 0 Å². The zero-order valence-electron chi connectivity index (χ0n) is 5.17. The maximum Gasteiger partial charge on any atom is 0.150 e. The van der Waals surface area contributed by atoms with Crippen LogP contribution in [0.4, 0.5) is 5.69 Å². The van der Waals surface area contributed by atoms with Crippen LogP contribution in [-0.2, 0) is 0 Å². The Bertz CT molecular complexity index is 260. The number of benzene rings is 1. The van der Waals surface area contributed by atoms with Gasteiger partial charge in [-0.15, -0.1) is 0 Å². The van der Waals surface area contributed by atoms with Gasteiger partial charge < -0.3 is 5.73 Å². The number of halogens is 1. The lowest BCUT2D eigenvalue weighted by Crippen LogP contribution is -1.87. The maximum atomic E-state index is 10.2. The summed E-state index contributed by atoms with van der Waals surface area (Å²) in [4.78, 5) is 10.2. The molecule has 2 nitrogen and oxygen atoms in total. The molecule has 0 atom stereocenters. The van der Waals surface area contributed by atoms with Crippen LogP contribution in [0.2, 0.25) is 0 Å². The lowest BCUT2D eigenvalue weighted by molar-refractivity contribution is 0.112. The van der Waals surface area contributed by atoms with Crippen molar-refractivity contribution in [3.63, 3.8) is 0 Å². The number of nitrogens with two attached hydrogens (primary N) is 1. The standard InChI is InChI=1S/C7H6BrNO/c8-6-3-5(4-10)1-2-7(6)9/h1-4H,9H2. The van der Waals surface area contributed by atoms with E-state index in [0.717, 1.165) is 10.8 Å². The Morgan fingerprint density at radius 3 is 2.70 bits per heavy atom. The molecule has 0 aliphatic carbocycles. The van der Waals surface area contributed by atoms with Gasteiger partial charge in [-0.05, 0) is 34.1 Å². The number of nitrogen functional groups attached to an aromatic ring is 1. The van der Waals surface area contributed by atoms with Gasteiger partial charge in [-0.1, -0.05) is 0 Å². The van der Waals surface area contributed by atoms with Crippen LogP contribution in [0.1, 0.15) is 10.4 Å². The minimum atomic E-state index is 0.626. The third kappa shape index (κ3) is 1.36. The molecule has 0 aliphatic rings. The van der Waals surface area contributed by atoms with Gasteiger partial charge in [-0.25, -0.2) is 0 Å². The summed E-state index contributed by atoms with van der Waals surface area (Å²) in [5.41, 5.74) is 6.75. The van der Waals surface area contributed by atoms with Gasteiger partial charge in [0, 0.05) is 15.7 Å². The average Bonchev–Trinajstić information content (AvgIpc) is 1.95. The quantitative estimate of drug-likeness (QED) is 0.555. The van der Waals surface area contributed by atoms with Crippen molar-refractivity contribution < 1.29 is 4.79 Å². The van der Waals surface area contributed by atoms with E-state index >= 15 is 0 Å². The van der Waals surface area contributed by atoms with E-state index in [-0.39, 0.29) is 0 Å². The van der Waals surface area contributed by atoms with E-state index in [9.17, 15) is 4.79 Å². The molecule has 0 amide bonds. The van der Waals surface area contributed by atoms with Crippen molar-refractivity contribution >= 4 is 27.9 Å². The molecule has 0 unspecified atom stereocenters. The summed E-state index contributed by atoms with van der Waals surface area (Å²) in [6.07, 6.45) is 0.782. The van der Waals surface area contributed by atoms with Gasteiger partial charge in [-0.3, -0.25) is 4.79 Å². The van der Waals surface area contributed by atoms with E-state index in [1.54, 1.807) is 18.2 Å². The molecule has 2 N–H and O–H groups in total. The van der Waals surface area contributed by atoms with Crippen molar-refractivity contribution in [1.82, 2.24) is 0 Å². The topological polar surface area (TPSA) is 43.1 Å². The molecule has 0 radical (unpaired) electrons. The second-order valence-electron chi connectivity index (χ2n) is 1.90. The van der Waals surface area contributed by atoms with Crippen LogP contribution in [0, 0.1) is 0 Å². The number of hydrogen-bond acceptors (Lipinski definition) is 2. The fraction of sp³-hybridized carbons (Fsp3) is 0. The lowest BCUT2D eigenvalue weighted by Gasteiger charge is -1.96. The van der Waals surface area contributed by atoms with E-state index in [1.165, 1.54) is 0 Å². The zero-order chi connectivity index (χ0) is 7.56. The van der Waals surface area contributed by atoms with Crippen LogP contribution in [0.5, 0.6) is 0 Å². The van der Waals surface area contributed by atoms with Gasteiger partial charge in [0.25, 0.3) is 0 Å². The Hall–Kier alpha value is -0.830. The zero-order valence-corrected chi connectivity index (χ0v) is 6.76. The molecule has 0 heterocycles. The summed E-state index contributed by atoms with van der Waals surface area (Å²) in [6, 6.07) is 5.04. The van der Waals surface area contributed by atoms with Gasteiger partial charge in [-0.2, -0.15) is 0 Å². The highest BCUT2D eigenvalue weighted by Gasteiger charge is 1.94. The minimum Gasteiger partial charge on any atom is -0.398 e. The first-order valence-corrected chi connectivity index (χ1v) is 3.53. The van der Waals surface area contributed by atoms with Crippen LogP contribution < -0.4 is 5.73 Å². The highest BCUT2D eigenvalue weighted by Crippen LogP contribution is 2.19. The molecule has 0 aliphatic heterocycles. The first kappa shape index (κ1) is 7.28. The van der Waals surface area contributed by atoms with E-state index in [0.29, 0.717) is 11.3 Å². The molecule has 0 spiro atoms. The summed E-state index contributed by atoms with van der Waals surface area (Å²) >= 11 is 3.20. The molecule has 1 rings (SSSR count). The molecule has 0 saturated carbocycles. The molecule has 0 bridgehead atoms. The Morgan fingerprint density at radius 1 is 1.50 bits per heavy atom. The van der Waals surface area contributed by atoms with Crippen molar-refractivity contribution in [1.29, 1.82) is 0 Å². The van der Waals surface area contributed by atoms with Crippen molar-refractivity contribution in [2.45, 2.75) is 0 Å². The number of carbonyl (C=O) groups is 1. The van der Waals surface area contributed by atoms with Gasteiger partial charge >= 0.3 is 0 Å². The summed E-state index contributed by atoms with van der Waals surface area (Å²) in [7, 11) is 0. The van der Waals surface area contributed by atoms with Gasteiger partial charge in [0.15, 0.2) is 0 Å². The summed E-state index contributed by atoms with van der Waals surface area (Å²) < 4.78 is 0.761. The number of anilines is 1. The molecule has 0 aromatic heterocycles. The molecule has 52 valence electrons. The molecule has 1 aromatic carbocycles. The van der Waals surface area contributed by atoms with Crippen LogP contribution in [0.3, 0.4) is 0 Å². The fourth-order valence-corrected chi connectivity index (χ4v) is 1.01. The number of hydrogen-bond donors (Lipinski definition) is 1. The first-order chi connectivity index (χ1) is 4.74. The number of aldehydes is 1. The average molecular weight is 200 g/mol. The largest absolute Gasteiger partial charge is 0.398 e. The molecular weight excluding hydrogens is 194 g/mol. The van der Waals surface area contributed by atoms with E-state index in [4.69, 9.17) is 5.73 Å². The van der Waals surface area contributed by atoms with Crippen molar-refractivity contribution in [2.24, 2.45) is 0 Å².